The van der Waals surface area contributed by atoms with Crippen molar-refractivity contribution >= 4 is 23.3 Å². The number of benzene rings is 1. The van der Waals surface area contributed by atoms with Crippen molar-refractivity contribution in [2.45, 2.75) is 32.9 Å². The predicted octanol–water partition coefficient (Wildman–Crippen LogP) is 3.46. The minimum absolute atomic E-state index is 0.0166. The number of urea groups is 1. The first kappa shape index (κ1) is 23.9. The molecule has 3 amide bonds. The van der Waals surface area contributed by atoms with Gasteiger partial charge in [-0.1, -0.05) is 25.5 Å². The third-order valence-corrected chi connectivity index (χ3v) is 5.94. The second-order valence-corrected chi connectivity index (χ2v) is 8.55. The second kappa shape index (κ2) is 12.3. The smallest absolute Gasteiger partial charge is 0.317 e. The van der Waals surface area contributed by atoms with Crippen LogP contribution in [0.2, 0.25) is 0 Å². The SMILES string of the molecule is CCCCNC(=O)N(CCOC)CC(=O)N(Cc1ccc2c(c1)OCO2)Cc1cccs1. The summed E-state index contributed by atoms with van der Waals surface area (Å²) >= 11 is 1.60. The molecule has 3 rings (SSSR count). The molecule has 2 aromatic rings. The fraction of sp³-hybridized carbons (Fsp3) is 0.478. The van der Waals surface area contributed by atoms with Crippen molar-refractivity contribution in [3.05, 3.63) is 46.2 Å². The van der Waals surface area contributed by atoms with Gasteiger partial charge in [0.15, 0.2) is 11.5 Å². The molecule has 8 nitrogen and oxygen atoms in total. The molecule has 2 heterocycles. The molecule has 0 fully saturated rings. The molecule has 0 spiro atoms. The molecular formula is C23H31N3O5S. The molecule has 0 radical (unpaired) electrons. The molecule has 32 heavy (non-hydrogen) atoms. The van der Waals surface area contributed by atoms with Gasteiger partial charge in [-0.2, -0.15) is 0 Å². The molecule has 0 saturated heterocycles. The van der Waals surface area contributed by atoms with Gasteiger partial charge in [0.2, 0.25) is 12.7 Å². The van der Waals surface area contributed by atoms with Crippen molar-refractivity contribution in [1.82, 2.24) is 15.1 Å². The van der Waals surface area contributed by atoms with E-state index in [1.807, 2.05) is 35.7 Å². The van der Waals surface area contributed by atoms with E-state index in [0.29, 0.717) is 44.3 Å². The largest absolute Gasteiger partial charge is 0.454 e. The van der Waals surface area contributed by atoms with Gasteiger partial charge in [-0.25, -0.2) is 4.79 Å². The number of nitrogens with zero attached hydrogens (tertiary/aromatic N) is 2. The molecule has 0 unspecified atom stereocenters. The highest BCUT2D eigenvalue weighted by atomic mass is 32.1. The maximum Gasteiger partial charge on any atom is 0.317 e. The fourth-order valence-corrected chi connectivity index (χ4v) is 4.00. The van der Waals surface area contributed by atoms with Crippen LogP contribution >= 0.6 is 11.3 Å². The van der Waals surface area contributed by atoms with Crippen molar-refractivity contribution in [2.75, 3.05) is 40.1 Å². The highest BCUT2D eigenvalue weighted by Gasteiger charge is 2.23. The zero-order valence-electron chi connectivity index (χ0n) is 18.7. The number of methoxy groups -OCH3 is 1. The van der Waals surface area contributed by atoms with Crippen molar-refractivity contribution in [1.29, 1.82) is 0 Å². The predicted molar refractivity (Wildman–Crippen MR) is 123 cm³/mol. The van der Waals surface area contributed by atoms with Crippen molar-refractivity contribution in [2.24, 2.45) is 0 Å². The van der Waals surface area contributed by atoms with E-state index < -0.39 is 0 Å². The first-order chi connectivity index (χ1) is 15.6. The maximum atomic E-state index is 13.3. The Kier molecular flexibility index (Phi) is 9.18. The summed E-state index contributed by atoms with van der Waals surface area (Å²) in [7, 11) is 1.58. The Balaban J connectivity index is 1.71. The summed E-state index contributed by atoms with van der Waals surface area (Å²) in [5, 5.41) is 4.88. The summed E-state index contributed by atoms with van der Waals surface area (Å²) in [6, 6.07) is 9.42. The number of rotatable bonds is 12. The topological polar surface area (TPSA) is 80.3 Å². The van der Waals surface area contributed by atoms with Crippen LogP contribution in [0.4, 0.5) is 4.79 Å². The van der Waals surface area contributed by atoms with Crippen LogP contribution in [0.5, 0.6) is 11.5 Å². The van der Waals surface area contributed by atoms with E-state index in [1.54, 1.807) is 23.3 Å². The summed E-state index contributed by atoms with van der Waals surface area (Å²) in [5.41, 5.74) is 0.940. The van der Waals surface area contributed by atoms with Crippen LogP contribution in [0.15, 0.2) is 35.7 Å². The summed E-state index contributed by atoms with van der Waals surface area (Å²) in [6.45, 7) is 4.43. The van der Waals surface area contributed by atoms with Gasteiger partial charge in [0.1, 0.15) is 6.54 Å². The first-order valence-electron chi connectivity index (χ1n) is 10.8. The molecule has 9 heteroatoms. The van der Waals surface area contributed by atoms with Crippen LogP contribution in [0, 0.1) is 0 Å². The fourth-order valence-electron chi connectivity index (χ4n) is 3.28. The summed E-state index contributed by atoms with van der Waals surface area (Å²) in [6.07, 6.45) is 1.88. The van der Waals surface area contributed by atoms with E-state index in [1.165, 1.54) is 4.90 Å². The van der Waals surface area contributed by atoms with E-state index in [4.69, 9.17) is 14.2 Å². The Morgan fingerprint density at radius 3 is 2.75 bits per heavy atom. The van der Waals surface area contributed by atoms with Crippen molar-refractivity contribution in [3.8, 4) is 11.5 Å². The summed E-state index contributed by atoms with van der Waals surface area (Å²) < 4.78 is 16.0. The van der Waals surface area contributed by atoms with Crippen LogP contribution in [0.3, 0.4) is 0 Å². The lowest BCUT2D eigenvalue weighted by Gasteiger charge is -2.27. The Hall–Kier alpha value is -2.78. The van der Waals surface area contributed by atoms with E-state index >= 15 is 0 Å². The van der Waals surface area contributed by atoms with E-state index in [-0.39, 0.29) is 25.3 Å². The molecule has 0 bridgehead atoms. The van der Waals surface area contributed by atoms with Crippen LogP contribution in [-0.4, -0.2) is 61.9 Å². The number of amides is 3. The number of carbonyl (C=O) groups excluding carboxylic acids is 2. The van der Waals surface area contributed by atoms with Gasteiger partial charge in [0.05, 0.1) is 13.2 Å². The van der Waals surface area contributed by atoms with Gasteiger partial charge in [-0.3, -0.25) is 4.79 Å². The minimum atomic E-state index is -0.247. The quantitative estimate of drug-likeness (QED) is 0.490. The van der Waals surface area contributed by atoms with Gasteiger partial charge < -0.3 is 29.3 Å². The van der Waals surface area contributed by atoms with Gasteiger partial charge in [-0.15, -0.1) is 11.3 Å². The Morgan fingerprint density at radius 1 is 1.16 bits per heavy atom. The summed E-state index contributed by atoms with van der Waals surface area (Å²) in [4.78, 5) is 30.3. The molecule has 1 aromatic carbocycles. The molecule has 0 aliphatic carbocycles. The van der Waals surface area contributed by atoms with Gasteiger partial charge in [0, 0.05) is 31.6 Å². The number of fused-ring (bicyclic) bond motifs is 1. The highest BCUT2D eigenvalue weighted by molar-refractivity contribution is 7.09. The Morgan fingerprint density at radius 2 is 2.00 bits per heavy atom. The monoisotopic (exact) mass is 461 g/mol. The lowest BCUT2D eigenvalue weighted by atomic mass is 10.2. The second-order valence-electron chi connectivity index (χ2n) is 7.52. The van der Waals surface area contributed by atoms with Crippen molar-refractivity contribution in [3.63, 3.8) is 0 Å². The molecule has 1 N–H and O–H groups in total. The lowest BCUT2D eigenvalue weighted by Crippen LogP contribution is -2.47. The number of carbonyl (C=O) groups is 2. The molecule has 1 aromatic heterocycles. The van der Waals surface area contributed by atoms with Gasteiger partial charge in [0.25, 0.3) is 0 Å². The van der Waals surface area contributed by atoms with Crippen LogP contribution < -0.4 is 14.8 Å². The van der Waals surface area contributed by atoms with Crippen LogP contribution in [0.25, 0.3) is 0 Å². The third kappa shape index (κ3) is 6.86. The lowest BCUT2D eigenvalue weighted by molar-refractivity contribution is -0.133. The zero-order chi connectivity index (χ0) is 22.8. The molecule has 1 aliphatic rings. The summed E-state index contributed by atoms with van der Waals surface area (Å²) in [5.74, 6) is 1.26. The van der Waals surface area contributed by atoms with Crippen LogP contribution in [0.1, 0.15) is 30.2 Å². The maximum absolute atomic E-state index is 13.3. The normalized spacial score (nSPS) is 11.9. The van der Waals surface area contributed by atoms with Gasteiger partial charge in [-0.05, 0) is 35.6 Å². The number of hydrogen-bond acceptors (Lipinski definition) is 6. The minimum Gasteiger partial charge on any atom is -0.454 e. The highest BCUT2D eigenvalue weighted by Crippen LogP contribution is 2.33. The molecule has 0 atom stereocenters. The average molecular weight is 462 g/mol. The zero-order valence-corrected chi connectivity index (χ0v) is 19.5. The Bertz CT molecular complexity index is 875. The average Bonchev–Trinajstić information content (AvgIpc) is 3.47. The molecule has 1 aliphatic heterocycles. The number of nitrogens with one attached hydrogen (secondary N) is 1. The number of thiophene rings is 1. The molecular weight excluding hydrogens is 430 g/mol. The third-order valence-electron chi connectivity index (χ3n) is 5.08. The standard InChI is InChI=1S/C23H31N3O5S/c1-3-4-9-24-23(28)25(10-11-29-2)16-22(27)26(15-19-6-5-12-32-19)14-18-7-8-20-21(13-18)31-17-30-20/h5-8,12-13H,3-4,9-11,14-17H2,1-2H3,(H,24,28). The molecule has 174 valence electrons. The van der Waals surface area contributed by atoms with Gasteiger partial charge >= 0.3 is 6.03 Å². The van der Waals surface area contributed by atoms with E-state index in [9.17, 15) is 9.59 Å². The van der Waals surface area contributed by atoms with E-state index in [0.717, 1.165) is 23.3 Å². The Labute approximate surface area is 193 Å². The van der Waals surface area contributed by atoms with Crippen molar-refractivity contribution < 1.29 is 23.8 Å². The number of hydrogen-bond donors (Lipinski definition) is 1. The van der Waals surface area contributed by atoms with E-state index in [2.05, 4.69) is 12.2 Å². The number of ether oxygens (including phenoxy) is 3. The molecule has 0 saturated carbocycles. The number of unbranched alkanes of at least 4 members (excludes halogenated alkanes) is 1. The first-order valence-corrected chi connectivity index (χ1v) is 11.7. The van der Waals surface area contributed by atoms with Crippen LogP contribution in [-0.2, 0) is 22.6 Å².